The van der Waals surface area contributed by atoms with E-state index in [1.54, 1.807) is 19.1 Å². The Labute approximate surface area is 179 Å². The van der Waals surface area contributed by atoms with Gasteiger partial charge < -0.3 is 14.6 Å². The molecular weight excluding hydrogens is 423 g/mol. The van der Waals surface area contributed by atoms with E-state index < -0.39 is 11.9 Å². The molecule has 0 fully saturated rings. The first-order valence-electron chi connectivity index (χ1n) is 8.89. The minimum atomic E-state index is -0.870. The summed E-state index contributed by atoms with van der Waals surface area (Å²) >= 11 is 18.9. The molecule has 0 saturated heterocycles. The quantitative estimate of drug-likeness (QED) is 0.577. The molecule has 1 N–H and O–H groups in total. The fourth-order valence-electron chi connectivity index (χ4n) is 3.31. The van der Waals surface area contributed by atoms with Gasteiger partial charge in [0, 0.05) is 17.0 Å². The van der Waals surface area contributed by atoms with Gasteiger partial charge in [-0.15, -0.1) is 0 Å². The van der Waals surface area contributed by atoms with Crippen LogP contribution < -0.4 is 9.47 Å². The van der Waals surface area contributed by atoms with Crippen molar-refractivity contribution in [2.75, 3.05) is 0 Å². The van der Waals surface area contributed by atoms with Gasteiger partial charge in [0.2, 0.25) is 0 Å². The summed E-state index contributed by atoms with van der Waals surface area (Å²) in [4.78, 5) is 11.1. The number of hydrogen-bond donors (Lipinski definition) is 1. The predicted molar refractivity (Wildman–Crippen MR) is 111 cm³/mol. The van der Waals surface area contributed by atoms with E-state index in [-0.39, 0.29) is 12.2 Å². The van der Waals surface area contributed by atoms with Gasteiger partial charge in [-0.1, -0.05) is 41.7 Å². The SMILES string of the molecule is CC(Cc1cc(Cl)c(OCc2cc(Cl)cc3c2OC(C)(C)C3)c(Cl)c1)C(=O)O. The number of fused-ring (bicyclic) bond motifs is 1. The Morgan fingerprint density at radius 2 is 1.86 bits per heavy atom. The number of rotatable bonds is 6. The molecule has 0 aromatic heterocycles. The van der Waals surface area contributed by atoms with E-state index in [1.807, 2.05) is 26.0 Å². The Morgan fingerprint density at radius 1 is 1.21 bits per heavy atom. The van der Waals surface area contributed by atoms with Crippen molar-refractivity contribution >= 4 is 40.8 Å². The molecule has 1 aliphatic heterocycles. The minimum Gasteiger partial charge on any atom is -0.487 e. The molecule has 3 rings (SSSR count). The van der Waals surface area contributed by atoms with Crippen molar-refractivity contribution in [3.63, 3.8) is 0 Å². The highest BCUT2D eigenvalue weighted by molar-refractivity contribution is 6.37. The molecule has 7 heteroatoms. The van der Waals surface area contributed by atoms with Crippen LogP contribution in [0.1, 0.15) is 37.5 Å². The molecule has 2 aromatic carbocycles. The maximum Gasteiger partial charge on any atom is 0.306 e. The van der Waals surface area contributed by atoms with Gasteiger partial charge in [0.1, 0.15) is 18.0 Å². The van der Waals surface area contributed by atoms with Crippen molar-refractivity contribution in [3.05, 3.63) is 56.0 Å². The van der Waals surface area contributed by atoms with Crippen molar-refractivity contribution in [3.8, 4) is 11.5 Å². The van der Waals surface area contributed by atoms with Crippen LogP contribution in [-0.2, 0) is 24.2 Å². The van der Waals surface area contributed by atoms with E-state index in [0.29, 0.717) is 27.2 Å². The molecule has 0 radical (unpaired) electrons. The number of benzene rings is 2. The maximum atomic E-state index is 11.1. The lowest BCUT2D eigenvalue weighted by atomic mass is 10.0. The zero-order valence-corrected chi connectivity index (χ0v) is 18.1. The lowest BCUT2D eigenvalue weighted by molar-refractivity contribution is -0.141. The number of ether oxygens (including phenoxy) is 2. The van der Waals surface area contributed by atoms with Gasteiger partial charge in [-0.2, -0.15) is 0 Å². The monoisotopic (exact) mass is 442 g/mol. The number of halogens is 3. The first kappa shape index (κ1) is 21.1. The fourth-order valence-corrected chi connectivity index (χ4v) is 4.22. The first-order valence-corrected chi connectivity index (χ1v) is 10.0. The number of carboxylic acid groups (broad SMARTS) is 1. The summed E-state index contributed by atoms with van der Waals surface area (Å²) < 4.78 is 11.9. The Morgan fingerprint density at radius 3 is 2.46 bits per heavy atom. The summed E-state index contributed by atoms with van der Waals surface area (Å²) in [5.74, 6) is -0.270. The van der Waals surface area contributed by atoms with Crippen molar-refractivity contribution in [2.24, 2.45) is 5.92 Å². The molecule has 150 valence electrons. The second-order valence-corrected chi connectivity index (χ2v) is 8.96. The Kier molecular flexibility index (Phi) is 6.04. The summed E-state index contributed by atoms with van der Waals surface area (Å²) in [5.41, 5.74) is 2.32. The highest BCUT2D eigenvalue weighted by atomic mass is 35.5. The van der Waals surface area contributed by atoms with Crippen LogP contribution in [0.5, 0.6) is 11.5 Å². The van der Waals surface area contributed by atoms with Crippen LogP contribution in [0.2, 0.25) is 15.1 Å². The van der Waals surface area contributed by atoms with E-state index in [9.17, 15) is 4.79 Å². The van der Waals surface area contributed by atoms with Crippen LogP contribution in [0.4, 0.5) is 0 Å². The molecule has 1 aliphatic rings. The first-order chi connectivity index (χ1) is 13.1. The highest BCUT2D eigenvalue weighted by Gasteiger charge is 2.32. The average molecular weight is 444 g/mol. The van der Waals surface area contributed by atoms with Crippen LogP contribution >= 0.6 is 34.8 Å². The summed E-state index contributed by atoms with van der Waals surface area (Å²) in [5, 5.41) is 10.4. The van der Waals surface area contributed by atoms with Crippen LogP contribution in [-0.4, -0.2) is 16.7 Å². The van der Waals surface area contributed by atoms with Crippen molar-refractivity contribution in [2.45, 2.75) is 45.8 Å². The molecule has 28 heavy (non-hydrogen) atoms. The van der Waals surface area contributed by atoms with Crippen LogP contribution in [0.25, 0.3) is 0 Å². The molecule has 0 spiro atoms. The molecule has 1 unspecified atom stereocenters. The van der Waals surface area contributed by atoms with Gasteiger partial charge in [0.25, 0.3) is 0 Å². The third-order valence-corrected chi connectivity index (χ3v) is 5.38. The third-order valence-electron chi connectivity index (χ3n) is 4.60. The van der Waals surface area contributed by atoms with E-state index in [1.165, 1.54) is 0 Å². The molecule has 4 nitrogen and oxygen atoms in total. The zero-order valence-electron chi connectivity index (χ0n) is 15.8. The molecule has 1 atom stereocenters. The number of carbonyl (C=O) groups is 1. The summed E-state index contributed by atoms with van der Waals surface area (Å²) in [7, 11) is 0. The largest absolute Gasteiger partial charge is 0.487 e. The van der Waals surface area contributed by atoms with Gasteiger partial charge in [0.15, 0.2) is 5.75 Å². The molecule has 0 bridgehead atoms. The average Bonchev–Trinajstić information content (AvgIpc) is 2.87. The van der Waals surface area contributed by atoms with E-state index in [2.05, 4.69) is 0 Å². The van der Waals surface area contributed by atoms with E-state index >= 15 is 0 Å². The lowest BCUT2D eigenvalue weighted by Gasteiger charge is -2.19. The maximum absolute atomic E-state index is 11.1. The Bertz CT molecular complexity index is 901. The van der Waals surface area contributed by atoms with E-state index in [0.717, 1.165) is 28.9 Å². The second kappa shape index (κ2) is 8.02. The van der Waals surface area contributed by atoms with Crippen LogP contribution in [0.3, 0.4) is 0 Å². The van der Waals surface area contributed by atoms with Gasteiger partial charge in [-0.3, -0.25) is 4.79 Å². The number of carboxylic acids is 1. The van der Waals surface area contributed by atoms with Gasteiger partial charge >= 0.3 is 5.97 Å². The minimum absolute atomic E-state index is 0.198. The molecule has 1 heterocycles. The van der Waals surface area contributed by atoms with Crippen molar-refractivity contribution in [1.29, 1.82) is 0 Å². The van der Waals surface area contributed by atoms with Crippen molar-refractivity contribution in [1.82, 2.24) is 0 Å². The molecule has 0 aliphatic carbocycles. The second-order valence-electron chi connectivity index (χ2n) is 7.71. The molecule has 0 saturated carbocycles. The van der Waals surface area contributed by atoms with Crippen LogP contribution in [0, 0.1) is 5.92 Å². The zero-order chi connectivity index (χ0) is 20.6. The Balaban J connectivity index is 1.80. The normalized spacial score (nSPS) is 15.6. The highest BCUT2D eigenvalue weighted by Crippen LogP contribution is 2.41. The summed E-state index contributed by atoms with van der Waals surface area (Å²) in [6.07, 6.45) is 1.10. The number of aliphatic carboxylic acids is 1. The number of hydrogen-bond acceptors (Lipinski definition) is 3. The molecule has 0 amide bonds. The van der Waals surface area contributed by atoms with Gasteiger partial charge in [0.05, 0.1) is 16.0 Å². The topological polar surface area (TPSA) is 55.8 Å². The van der Waals surface area contributed by atoms with E-state index in [4.69, 9.17) is 49.4 Å². The van der Waals surface area contributed by atoms with Gasteiger partial charge in [-0.25, -0.2) is 0 Å². The Hall–Kier alpha value is -1.62. The standard InChI is InChI=1S/C21H21Cl3O4/c1-11(20(25)26)4-12-5-16(23)19(17(24)6-12)27-10-14-8-15(22)7-13-9-21(2,3)28-18(13)14/h5-8,11H,4,9-10H2,1-3H3,(H,25,26). The van der Waals surface area contributed by atoms with Crippen LogP contribution in [0.15, 0.2) is 24.3 Å². The fraction of sp³-hybridized carbons (Fsp3) is 0.381. The molecular formula is C21H21Cl3O4. The summed E-state index contributed by atoms with van der Waals surface area (Å²) in [6.45, 7) is 5.88. The third kappa shape index (κ3) is 4.68. The summed E-state index contributed by atoms with van der Waals surface area (Å²) in [6, 6.07) is 7.09. The molecule has 2 aromatic rings. The van der Waals surface area contributed by atoms with Crippen molar-refractivity contribution < 1.29 is 19.4 Å². The van der Waals surface area contributed by atoms with Gasteiger partial charge in [-0.05, 0) is 55.7 Å². The smallest absolute Gasteiger partial charge is 0.306 e. The lowest BCUT2D eigenvalue weighted by Crippen LogP contribution is -2.25. The predicted octanol–water partition coefficient (Wildman–Crippen LogP) is 6.20.